The molecular formula is C96H74N4O2P2. The fraction of sp³-hybridized carbons (Fsp3) is 0.0625. The summed E-state index contributed by atoms with van der Waals surface area (Å²) in [5.41, 5.74) is 22.4. The first kappa shape index (κ1) is 64.1. The standard InChI is InChI=1S/C51H39N2OP.C45H35N2OP/c1-51(2)45-25-15-16-26-49(45)52(50-31-28-39(34-46(50)51)37-19-9-4-10-20-37)40-29-32-48-44(35-40)43-33-38(36-17-7-3-8-18-36)27-30-47(43)53(48)55(54,41-21-11-5-12-22-41)42-23-13-6-14-24-42;1-45(2)39-23-13-15-25-43(39)46(44-28-26-33(30-40(44)45)32-16-6-3-7-17-32)34-27-29-42-38(31-34)37-22-12-14-24-41(37)47(42)49(48,35-18-8-4-9-19-35)36-20-10-5-11-21-36/h3-35H,1-2H3;3-31H,1-2H3. The molecule has 2 aromatic heterocycles. The topological polar surface area (TPSA) is 50.5 Å². The molecule has 0 unspecified atom stereocenters. The molecule has 6 nitrogen and oxygen atoms in total. The fourth-order valence-electron chi connectivity index (χ4n) is 16.5. The lowest BCUT2D eigenvalue weighted by molar-refractivity contribution is 0.582. The Morgan fingerprint density at radius 1 is 0.221 bits per heavy atom. The molecule has 0 saturated heterocycles. The van der Waals surface area contributed by atoms with Gasteiger partial charge in [-0.15, -0.1) is 0 Å². The van der Waals surface area contributed by atoms with Crippen molar-refractivity contribution in [3.8, 4) is 33.4 Å². The molecule has 104 heavy (non-hydrogen) atoms. The zero-order valence-electron chi connectivity index (χ0n) is 58.3. The third kappa shape index (κ3) is 10.4. The van der Waals surface area contributed by atoms with Gasteiger partial charge in [-0.25, -0.2) is 0 Å². The minimum absolute atomic E-state index is 0.203. The molecule has 0 spiro atoms. The van der Waals surface area contributed by atoms with E-state index < -0.39 is 14.6 Å². The van der Waals surface area contributed by atoms with Crippen LogP contribution in [0.2, 0.25) is 0 Å². The van der Waals surface area contributed by atoms with Crippen molar-refractivity contribution in [1.82, 2.24) is 8.68 Å². The van der Waals surface area contributed by atoms with Gasteiger partial charge in [0, 0.05) is 65.0 Å². The average molecular weight is 1380 g/mol. The van der Waals surface area contributed by atoms with Gasteiger partial charge in [0.2, 0.25) is 14.6 Å². The lowest BCUT2D eigenvalue weighted by Gasteiger charge is -2.42. The van der Waals surface area contributed by atoms with Crippen molar-refractivity contribution in [1.29, 1.82) is 0 Å². The predicted octanol–water partition coefficient (Wildman–Crippen LogP) is 24.4. The summed E-state index contributed by atoms with van der Waals surface area (Å²) >= 11 is 0. The molecule has 2 aliphatic rings. The first-order valence-electron chi connectivity index (χ1n) is 35.7. The van der Waals surface area contributed by atoms with Crippen LogP contribution in [0.4, 0.5) is 34.1 Å². The van der Waals surface area contributed by atoms with E-state index in [9.17, 15) is 0 Å². The van der Waals surface area contributed by atoms with Crippen LogP contribution < -0.4 is 31.0 Å². The number of nitrogens with zero attached hydrogens (tertiary/aromatic N) is 4. The molecule has 0 radical (unpaired) electrons. The summed E-state index contributed by atoms with van der Waals surface area (Å²) in [7, 11) is -6.73. The van der Waals surface area contributed by atoms with Crippen LogP contribution in [-0.4, -0.2) is 8.68 Å². The van der Waals surface area contributed by atoms with Gasteiger partial charge >= 0.3 is 0 Å². The number of aromatic nitrogens is 2. The molecule has 0 bridgehead atoms. The Kier molecular flexibility index (Phi) is 15.7. The monoisotopic (exact) mass is 1380 g/mol. The third-order valence-electron chi connectivity index (χ3n) is 21.6. The zero-order valence-corrected chi connectivity index (χ0v) is 60.1. The van der Waals surface area contributed by atoms with Gasteiger partial charge in [-0.2, -0.15) is 0 Å². The van der Waals surface area contributed by atoms with Crippen molar-refractivity contribution in [3.05, 3.63) is 398 Å². The zero-order chi connectivity index (χ0) is 70.3. The molecule has 0 aliphatic carbocycles. The van der Waals surface area contributed by atoms with Crippen LogP contribution in [0.5, 0.6) is 0 Å². The summed E-state index contributed by atoms with van der Waals surface area (Å²) in [6.45, 7) is 9.34. The van der Waals surface area contributed by atoms with Crippen molar-refractivity contribution in [3.63, 3.8) is 0 Å². The second kappa shape index (κ2) is 25.5. The van der Waals surface area contributed by atoms with Crippen LogP contribution in [0.15, 0.2) is 376 Å². The number of hydrogen-bond donors (Lipinski definition) is 0. The van der Waals surface area contributed by atoms with E-state index in [4.69, 9.17) is 0 Å². The van der Waals surface area contributed by atoms with E-state index in [0.29, 0.717) is 0 Å². The summed E-state index contributed by atoms with van der Waals surface area (Å²) in [6.07, 6.45) is 0. The summed E-state index contributed by atoms with van der Waals surface area (Å²) in [6, 6.07) is 131. The Hall–Kier alpha value is -12.0. The SMILES string of the molecule is CC1(C)c2ccccc2N(c2ccc3c(c2)c2cc(-c4ccccc4)ccc2n3P(=O)(c2ccccc2)c2ccccc2)c2ccc(-c3ccccc3)cc21.CC1(C)c2ccccc2N(c2ccc3c(c2)c2ccccc2n3P(=O)(c2ccccc2)c2ccccc2)c2ccc(-c3ccccc3)cc21. The highest BCUT2D eigenvalue weighted by atomic mass is 31.2. The number of para-hydroxylation sites is 3. The third-order valence-corrected chi connectivity index (χ3v) is 27.6. The van der Waals surface area contributed by atoms with Crippen LogP contribution in [0.25, 0.3) is 77.0 Å². The number of fused-ring (bicyclic) bond motifs is 10. The minimum Gasteiger partial charge on any atom is -0.310 e. The average Bonchev–Trinajstić information content (AvgIpc) is 1.37. The highest BCUT2D eigenvalue weighted by Crippen LogP contribution is 2.58. The molecule has 500 valence electrons. The van der Waals surface area contributed by atoms with Crippen molar-refractivity contribution < 1.29 is 9.13 Å². The van der Waals surface area contributed by atoms with E-state index in [1.54, 1.807) is 0 Å². The predicted molar refractivity (Wildman–Crippen MR) is 439 cm³/mol. The second-order valence-corrected chi connectivity index (χ2v) is 33.5. The lowest BCUT2D eigenvalue weighted by Crippen LogP contribution is -2.30. The first-order valence-corrected chi connectivity index (χ1v) is 39.0. The van der Waals surface area contributed by atoms with Crippen molar-refractivity contribution in [2.75, 3.05) is 9.80 Å². The van der Waals surface area contributed by atoms with Gasteiger partial charge in [-0.1, -0.05) is 264 Å². The Morgan fingerprint density at radius 2 is 0.500 bits per heavy atom. The van der Waals surface area contributed by atoms with Crippen molar-refractivity contribution >= 4 is 114 Å². The summed E-state index contributed by atoms with van der Waals surface area (Å²) < 4.78 is 36.2. The van der Waals surface area contributed by atoms with Gasteiger partial charge in [0.15, 0.2) is 0 Å². The Balaban J connectivity index is 0.000000149. The van der Waals surface area contributed by atoms with Gasteiger partial charge in [-0.3, -0.25) is 17.8 Å². The van der Waals surface area contributed by atoms with E-state index in [1.165, 1.54) is 61.6 Å². The molecule has 0 atom stereocenters. The maximum atomic E-state index is 16.1. The quantitative estimate of drug-likeness (QED) is 0.121. The van der Waals surface area contributed by atoms with Crippen molar-refractivity contribution in [2.24, 2.45) is 0 Å². The van der Waals surface area contributed by atoms with E-state index in [-0.39, 0.29) is 10.8 Å². The molecule has 2 aliphatic heterocycles. The van der Waals surface area contributed by atoms with Crippen LogP contribution in [0.3, 0.4) is 0 Å². The van der Waals surface area contributed by atoms with Crippen LogP contribution >= 0.6 is 14.6 Å². The molecule has 17 aromatic rings. The van der Waals surface area contributed by atoms with Crippen LogP contribution in [0, 0.1) is 0 Å². The fourth-order valence-corrected chi connectivity index (χ4v) is 22.2. The van der Waals surface area contributed by atoms with Crippen LogP contribution in [0.1, 0.15) is 49.9 Å². The van der Waals surface area contributed by atoms with Gasteiger partial charge in [0.05, 0.1) is 44.8 Å². The van der Waals surface area contributed by atoms with Gasteiger partial charge in [0.25, 0.3) is 0 Å². The highest BCUT2D eigenvalue weighted by Gasteiger charge is 2.41. The van der Waals surface area contributed by atoms with Gasteiger partial charge < -0.3 is 9.80 Å². The van der Waals surface area contributed by atoms with E-state index in [2.05, 4.69) is 295 Å². The largest absolute Gasteiger partial charge is 0.310 e. The molecular weight excluding hydrogens is 1300 g/mol. The number of rotatable bonds is 11. The van der Waals surface area contributed by atoms with E-state index in [1.807, 2.05) is 127 Å². The van der Waals surface area contributed by atoms with Crippen LogP contribution in [-0.2, 0) is 20.0 Å². The molecule has 19 rings (SSSR count). The minimum atomic E-state index is -3.41. The normalized spacial score (nSPS) is 13.6. The number of hydrogen-bond acceptors (Lipinski definition) is 4. The molecule has 0 N–H and O–H groups in total. The highest BCUT2D eigenvalue weighted by molar-refractivity contribution is 7.78. The molecule has 8 heteroatoms. The summed E-state index contributed by atoms with van der Waals surface area (Å²) in [5.74, 6) is 0. The Bertz CT molecular complexity index is 6150. The summed E-state index contributed by atoms with van der Waals surface area (Å²) in [5, 5.41) is 7.49. The molecule has 0 saturated carbocycles. The Labute approximate surface area is 607 Å². The molecule has 4 heterocycles. The molecule has 15 aromatic carbocycles. The van der Waals surface area contributed by atoms with Gasteiger partial charge in [0.1, 0.15) is 0 Å². The maximum absolute atomic E-state index is 16.1. The molecule has 0 fully saturated rings. The second-order valence-electron chi connectivity index (χ2n) is 28.3. The van der Waals surface area contributed by atoms with E-state index in [0.717, 1.165) is 93.0 Å². The first-order chi connectivity index (χ1) is 50.9. The smallest absolute Gasteiger partial charge is 0.234 e. The maximum Gasteiger partial charge on any atom is 0.234 e. The van der Waals surface area contributed by atoms with E-state index >= 15 is 9.13 Å². The lowest BCUT2D eigenvalue weighted by atomic mass is 9.73. The Morgan fingerprint density at radius 3 is 0.894 bits per heavy atom. The van der Waals surface area contributed by atoms with Crippen molar-refractivity contribution in [2.45, 2.75) is 38.5 Å². The number of anilines is 6. The van der Waals surface area contributed by atoms with Gasteiger partial charge in [-0.05, 0) is 195 Å². The summed E-state index contributed by atoms with van der Waals surface area (Å²) in [4.78, 5) is 4.83. The number of benzene rings is 15. The molecule has 0 amide bonds.